The summed E-state index contributed by atoms with van der Waals surface area (Å²) in [4.78, 5) is 25.4. The lowest BCUT2D eigenvalue weighted by atomic mass is 9.96. The lowest BCUT2D eigenvalue weighted by Crippen LogP contribution is -2.58. The molecule has 1 aliphatic carbocycles. The van der Waals surface area contributed by atoms with E-state index in [1.165, 1.54) is 19.3 Å². The molecule has 2 aliphatic rings. The standard InChI is InChI=1S/C13H22N2O2/c1-3-11-13(17)15(8-12(16)14-11)7-10-6-4-5-9(10)2/h9-11H,3-8H2,1-2H3,(H,14,16). The number of carbonyl (C=O) groups is 2. The summed E-state index contributed by atoms with van der Waals surface area (Å²) < 4.78 is 0. The number of hydrogen-bond acceptors (Lipinski definition) is 2. The highest BCUT2D eigenvalue weighted by molar-refractivity contribution is 5.94. The molecule has 0 aromatic heterocycles. The van der Waals surface area contributed by atoms with Crippen LogP contribution < -0.4 is 5.32 Å². The summed E-state index contributed by atoms with van der Waals surface area (Å²) >= 11 is 0. The second-order valence-electron chi connectivity index (χ2n) is 5.42. The van der Waals surface area contributed by atoms with Crippen molar-refractivity contribution in [3.63, 3.8) is 0 Å². The van der Waals surface area contributed by atoms with Crippen LogP contribution >= 0.6 is 0 Å². The van der Waals surface area contributed by atoms with Crippen LogP contribution in [0.4, 0.5) is 0 Å². The summed E-state index contributed by atoms with van der Waals surface area (Å²) in [5.41, 5.74) is 0. The smallest absolute Gasteiger partial charge is 0.245 e. The van der Waals surface area contributed by atoms with Crippen LogP contribution in [0.3, 0.4) is 0 Å². The van der Waals surface area contributed by atoms with Crippen molar-refractivity contribution >= 4 is 11.8 Å². The minimum Gasteiger partial charge on any atom is -0.343 e. The fourth-order valence-electron chi connectivity index (χ4n) is 2.98. The van der Waals surface area contributed by atoms with Gasteiger partial charge in [0.1, 0.15) is 6.04 Å². The first-order chi connectivity index (χ1) is 8.11. The van der Waals surface area contributed by atoms with Gasteiger partial charge in [0, 0.05) is 6.54 Å². The normalized spacial score (nSPS) is 34.0. The van der Waals surface area contributed by atoms with E-state index in [0.29, 0.717) is 18.3 Å². The quantitative estimate of drug-likeness (QED) is 0.802. The van der Waals surface area contributed by atoms with Gasteiger partial charge in [0.15, 0.2) is 0 Å². The van der Waals surface area contributed by atoms with E-state index in [1.807, 2.05) is 6.92 Å². The maximum Gasteiger partial charge on any atom is 0.245 e. The summed E-state index contributed by atoms with van der Waals surface area (Å²) in [5.74, 6) is 1.36. The van der Waals surface area contributed by atoms with E-state index in [1.54, 1.807) is 4.90 Å². The van der Waals surface area contributed by atoms with Gasteiger partial charge in [-0.15, -0.1) is 0 Å². The highest BCUT2D eigenvalue weighted by Crippen LogP contribution is 2.32. The van der Waals surface area contributed by atoms with E-state index in [-0.39, 0.29) is 24.4 Å². The molecule has 3 atom stereocenters. The highest BCUT2D eigenvalue weighted by Gasteiger charge is 2.34. The van der Waals surface area contributed by atoms with E-state index in [4.69, 9.17) is 0 Å². The number of carbonyl (C=O) groups excluding carboxylic acids is 2. The van der Waals surface area contributed by atoms with Crippen molar-refractivity contribution in [1.82, 2.24) is 10.2 Å². The molecule has 0 aromatic carbocycles. The molecule has 0 spiro atoms. The van der Waals surface area contributed by atoms with Crippen molar-refractivity contribution in [3.8, 4) is 0 Å². The summed E-state index contributed by atoms with van der Waals surface area (Å²) in [7, 11) is 0. The molecular weight excluding hydrogens is 216 g/mol. The Bertz CT molecular complexity index is 317. The lowest BCUT2D eigenvalue weighted by molar-refractivity contribution is -0.145. The molecule has 2 rings (SSSR count). The molecule has 0 radical (unpaired) electrons. The maximum atomic E-state index is 12.1. The SMILES string of the molecule is CCC1NC(=O)CN(CC2CCCC2C)C1=O. The fraction of sp³-hybridized carbons (Fsp3) is 0.846. The molecule has 1 N–H and O–H groups in total. The van der Waals surface area contributed by atoms with Crippen molar-refractivity contribution in [2.75, 3.05) is 13.1 Å². The van der Waals surface area contributed by atoms with E-state index in [0.717, 1.165) is 6.54 Å². The molecule has 1 heterocycles. The van der Waals surface area contributed by atoms with Crippen molar-refractivity contribution in [3.05, 3.63) is 0 Å². The van der Waals surface area contributed by atoms with Gasteiger partial charge in [-0.3, -0.25) is 9.59 Å². The summed E-state index contributed by atoms with van der Waals surface area (Å²) in [6, 6.07) is -0.298. The third kappa shape index (κ3) is 2.61. The Hall–Kier alpha value is -1.06. The van der Waals surface area contributed by atoms with Crippen molar-refractivity contribution < 1.29 is 9.59 Å². The van der Waals surface area contributed by atoms with Crippen LogP contribution in [0.1, 0.15) is 39.5 Å². The molecule has 2 fully saturated rings. The molecule has 4 heteroatoms. The molecule has 0 aromatic rings. The van der Waals surface area contributed by atoms with Crippen LogP contribution in [0, 0.1) is 11.8 Å². The number of amides is 2. The summed E-state index contributed by atoms with van der Waals surface area (Å²) in [6.45, 7) is 5.20. The van der Waals surface area contributed by atoms with Crippen molar-refractivity contribution in [2.45, 2.75) is 45.6 Å². The number of rotatable bonds is 3. The third-order valence-electron chi connectivity index (χ3n) is 4.18. The summed E-state index contributed by atoms with van der Waals surface area (Å²) in [5, 5.41) is 2.75. The van der Waals surface area contributed by atoms with Gasteiger partial charge in [0.05, 0.1) is 6.54 Å². The number of piperazine rings is 1. The van der Waals surface area contributed by atoms with E-state index >= 15 is 0 Å². The summed E-state index contributed by atoms with van der Waals surface area (Å²) in [6.07, 6.45) is 4.40. The Balaban J connectivity index is 1.98. The second-order valence-corrected chi connectivity index (χ2v) is 5.42. The zero-order valence-corrected chi connectivity index (χ0v) is 10.7. The first-order valence-corrected chi connectivity index (χ1v) is 6.70. The first kappa shape index (κ1) is 12.4. The van der Waals surface area contributed by atoms with Crippen LogP contribution in [0.2, 0.25) is 0 Å². The monoisotopic (exact) mass is 238 g/mol. The molecule has 3 unspecified atom stereocenters. The van der Waals surface area contributed by atoms with Crippen LogP contribution in [-0.2, 0) is 9.59 Å². The maximum absolute atomic E-state index is 12.1. The van der Waals surface area contributed by atoms with Gasteiger partial charge in [-0.25, -0.2) is 0 Å². The Morgan fingerprint density at radius 2 is 2.12 bits per heavy atom. The Morgan fingerprint density at radius 1 is 1.35 bits per heavy atom. The van der Waals surface area contributed by atoms with Gasteiger partial charge in [0.25, 0.3) is 0 Å². The number of hydrogen-bond donors (Lipinski definition) is 1. The van der Waals surface area contributed by atoms with Gasteiger partial charge in [-0.05, 0) is 24.7 Å². The molecule has 1 saturated carbocycles. The molecule has 0 bridgehead atoms. The second kappa shape index (κ2) is 5.07. The average Bonchev–Trinajstić information content (AvgIpc) is 2.69. The van der Waals surface area contributed by atoms with Crippen LogP contribution in [0.5, 0.6) is 0 Å². The molecule has 1 saturated heterocycles. The van der Waals surface area contributed by atoms with Crippen LogP contribution in [0.15, 0.2) is 0 Å². The Morgan fingerprint density at radius 3 is 2.71 bits per heavy atom. The van der Waals surface area contributed by atoms with E-state index in [9.17, 15) is 9.59 Å². The molecule has 1 aliphatic heterocycles. The largest absolute Gasteiger partial charge is 0.343 e. The Labute approximate surface area is 103 Å². The van der Waals surface area contributed by atoms with Crippen LogP contribution in [-0.4, -0.2) is 35.8 Å². The Kier molecular flexibility index (Phi) is 3.69. The minimum absolute atomic E-state index is 0.0119. The average molecular weight is 238 g/mol. The fourth-order valence-corrected chi connectivity index (χ4v) is 2.98. The van der Waals surface area contributed by atoms with Gasteiger partial charge in [-0.1, -0.05) is 26.7 Å². The van der Waals surface area contributed by atoms with Gasteiger partial charge in [-0.2, -0.15) is 0 Å². The van der Waals surface area contributed by atoms with Crippen LogP contribution in [0.25, 0.3) is 0 Å². The minimum atomic E-state index is -0.298. The predicted octanol–water partition coefficient (Wildman–Crippen LogP) is 1.16. The van der Waals surface area contributed by atoms with Gasteiger partial charge in [0.2, 0.25) is 11.8 Å². The molecular formula is C13H22N2O2. The first-order valence-electron chi connectivity index (χ1n) is 6.70. The van der Waals surface area contributed by atoms with Gasteiger partial charge < -0.3 is 10.2 Å². The highest BCUT2D eigenvalue weighted by atomic mass is 16.2. The predicted molar refractivity (Wildman–Crippen MR) is 65.3 cm³/mol. The lowest BCUT2D eigenvalue weighted by Gasteiger charge is -2.34. The number of nitrogens with zero attached hydrogens (tertiary/aromatic N) is 1. The third-order valence-corrected chi connectivity index (χ3v) is 4.18. The zero-order valence-electron chi connectivity index (χ0n) is 10.7. The topological polar surface area (TPSA) is 49.4 Å². The van der Waals surface area contributed by atoms with Crippen molar-refractivity contribution in [1.29, 1.82) is 0 Å². The zero-order chi connectivity index (χ0) is 12.4. The number of nitrogens with one attached hydrogen (secondary N) is 1. The van der Waals surface area contributed by atoms with Gasteiger partial charge >= 0.3 is 0 Å². The van der Waals surface area contributed by atoms with E-state index < -0.39 is 0 Å². The molecule has 2 amide bonds. The molecule has 96 valence electrons. The van der Waals surface area contributed by atoms with E-state index in [2.05, 4.69) is 12.2 Å². The molecule has 17 heavy (non-hydrogen) atoms. The molecule has 4 nitrogen and oxygen atoms in total. The van der Waals surface area contributed by atoms with Crippen molar-refractivity contribution in [2.24, 2.45) is 11.8 Å².